The number of imide groups is 1. The highest BCUT2D eigenvalue weighted by Crippen LogP contribution is 2.50. The number of nitriles is 1. The number of amides is 3. The lowest BCUT2D eigenvalue weighted by molar-refractivity contribution is -0.384. The lowest BCUT2D eigenvalue weighted by atomic mass is 9.88. The van der Waals surface area contributed by atoms with Gasteiger partial charge in [-0.2, -0.15) is 5.26 Å². The number of nitrogens with one attached hydrogen (secondary N) is 2. The van der Waals surface area contributed by atoms with E-state index in [9.17, 15) is 29.8 Å². The number of nitro groups is 1. The van der Waals surface area contributed by atoms with E-state index in [1.165, 1.54) is 19.2 Å². The van der Waals surface area contributed by atoms with E-state index in [4.69, 9.17) is 26.5 Å². The molecule has 3 heterocycles. The van der Waals surface area contributed by atoms with Gasteiger partial charge in [-0.05, 0) is 79.5 Å². The average molecular weight is 913 g/mol. The van der Waals surface area contributed by atoms with Crippen molar-refractivity contribution in [3.63, 3.8) is 0 Å². The molecular weight excluding hydrogens is 854 g/mol. The monoisotopic (exact) mass is 912 g/mol. The summed E-state index contributed by atoms with van der Waals surface area (Å²) in [4.78, 5) is 55.2. The fourth-order valence-corrected chi connectivity index (χ4v) is 9.77. The molecule has 2 aromatic rings. The summed E-state index contributed by atoms with van der Waals surface area (Å²) in [7, 11) is -0.0896. The Morgan fingerprint density at radius 1 is 1.25 bits per heavy atom. The van der Waals surface area contributed by atoms with Crippen LogP contribution < -0.4 is 20.3 Å². The van der Waals surface area contributed by atoms with Gasteiger partial charge in [-0.25, -0.2) is 11.2 Å². The molecule has 5 rings (SSSR count). The molecular formula is C46H58N9O9P. The molecule has 0 aromatic heterocycles. The quantitative estimate of drug-likeness (QED) is 0.0244. The van der Waals surface area contributed by atoms with Gasteiger partial charge in [-0.1, -0.05) is 24.3 Å². The topological polar surface area (TPSA) is 215 Å². The molecule has 0 radical (unpaired) electrons. The Balaban J connectivity index is 1.19. The number of hydrogen-bond acceptors (Lipinski definition) is 14. The van der Waals surface area contributed by atoms with Crippen LogP contribution in [0.3, 0.4) is 0 Å². The van der Waals surface area contributed by atoms with Gasteiger partial charge in [0.2, 0.25) is 18.4 Å². The van der Waals surface area contributed by atoms with Gasteiger partial charge in [-0.3, -0.25) is 29.8 Å². The number of benzene rings is 2. The normalized spacial score (nSPS) is 21.2. The number of ether oxygens (including phenoxy) is 2. The Kier molecular flexibility index (Phi) is 16.7. The molecule has 2 N–H and O–H groups in total. The lowest BCUT2D eigenvalue weighted by Crippen LogP contribution is -2.45. The zero-order chi connectivity index (χ0) is 48.3. The third-order valence-corrected chi connectivity index (χ3v) is 13.2. The number of methoxy groups -OCH3 is 1. The molecule has 0 saturated carbocycles. The van der Waals surface area contributed by atoms with E-state index in [1.807, 2.05) is 52.8 Å². The molecule has 1 saturated heterocycles. The number of carbonyl (C=O) groups is 3. The van der Waals surface area contributed by atoms with Crippen molar-refractivity contribution < 1.29 is 39.2 Å². The van der Waals surface area contributed by atoms with Crippen LogP contribution in [0.25, 0.3) is 10.4 Å². The van der Waals surface area contributed by atoms with E-state index in [0.29, 0.717) is 30.8 Å². The Hall–Kier alpha value is -5.88. The minimum atomic E-state index is -1.60. The van der Waals surface area contributed by atoms with Crippen molar-refractivity contribution in [1.29, 1.82) is 5.26 Å². The van der Waals surface area contributed by atoms with Crippen molar-refractivity contribution in [3.05, 3.63) is 92.9 Å². The van der Waals surface area contributed by atoms with Crippen LogP contribution in [0, 0.1) is 33.9 Å². The van der Waals surface area contributed by atoms with E-state index in [0.717, 1.165) is 22.9 Å². The largest absolute Gasteiger partial charge is 0.494 e. The summed E-state index contributed by atoms with van der Waals surface area (Å²) in [5.41, 5.74) is 2.93. The molecule has 5 atom stereocenters. The van der Waals surface area contributed by atoms with E-state index in [1.54, 1.807) is 18.2 Å². The average Bonchev–Trinajstić information content (AvgIpc) is 3.67. The summed E-state index contributed by atoms with van der Waals surface area (Å²) in [6, 6.07) is 9.57. The Morgan fingerprint density at radius 2 is 1.98 bits per heavy atom. The molecule has 1 fully saturated rings. The second-order valence-electron chi connectivity index (χ2n) is 16.8. The number of azo groups is 1. The van der Waals surface area contributed by atoms with Crippen LogP contribution in [0.4, 0.5) is 22.7 Å². The summed E-state index contributed by atoms with van der Waals surface area (Å²) in [5.74, 6) is -1.66. The summed E-state index contributed by atoms with van der Waals surface area (Å²) < 4.78 is 34.8. The number of nitro benzene ring substituents is 1. The minimum Gasteiger partial charge on any atom is -0.494 e. The second-order valence-corrected chi connectivity index (χ2v) is 18.2. The number of carbonyl (C=O) groups excluding carboxylic acids is 3. The van der Waals surface area contributed by atoms with E-state index >= 15 is 0 Å². The van der Waals surface area contributed by atoms with E-state index in [-0.39, 0.29) is 73.5 Å². The van der Waals surface area contributed by atoms with Gasteiger partial charge >= 0.3 is 0 Å². The van der Waals surface area contributed by atoms with Gasteiger partial charge in [0.1, 0.15) is 29.8 Å². The molecule has 3 aliphatic heterocycles. The maximum atomic E-state index is 13.1. The first-order valence-corrected chi connectivity index (χ1v) is 22.5. The molecule has 2 aromatic carbocycles. The standard InChI is InChI=1S/C46H58N9O9P/c1-28(2)54(29(3)4)65(62-20-18-48-9)64-40-25-41(63-31(40)6)36-22-32(44(57)50-45(36)58)13-11-17-49-43(56)14-12-19-53-39-24-42(61-10)38(23-35(39)30(5)26-46(53,7)8)52-51-37-16-15-34(55(59)60)21-33(37)27-47/h11,13,15-16,21-24,26,28-29,31,36,40-41H,12,14,17-20,25H2,1-8,10H3,(H,49,56)(H,50,57,58)/b13-11+,52-51?/t31-,36?,40?,41-,65?/m1/s1/i6D. The van der Waals surface area contributed by atoms with Gasteiger partial charge in [0.25, 0.3) is 20.1 Å². The van der Waals surface area contributed by atoms with Crippen LogP contribution in [0.2, 0.25) is 0 Å². The summed E-state index contributed by atoms with van der Waals surface area (Å²) in [6.07, 6.45) is 6.08. The molecule has 0 aliphatic carbocycles. The Morgan fingerprint density at radius 3 is 2.65 bits per heavy atom. The number of rotatable bonds is 20. The van der Waals surface area contributed by atoms with Crippen molar-refractivity contribution in [2.24, 2.45) is 16.1 Å². The van der Waals surface area contributed by atoms with Gasteiger partial charge in [0.05, 0.1) is 47.4 Å². The first-order chi connectivity index (χ1) is 31.4. The first-order valence-electron chi connectivity index (χ1n) is 22.1. The maximum Gasteiger partial charge on any atom is 0.270 e. The lowest BCUT2D eigenvalue weighted by Gasteiger charge is -2.43. The zero-order valence-electron chi connectivity index (χ0n) is 39.1. The highest BCUT2D eigenvalue weighted by molar-refractivity contribution is 7.44. The third kappa shape index (κ3) is 12.5. The van der Waals surface area contributed by atoms with E-state index in [2.05, 4.69) is 55.2 Å². The number of hydrogen-bond donors (Lipinski definition) is 2. The summed E-state index contributed by atoms with van der Waals surface area (Å²) >= 11 is 0. The number of nitrogens with zero attached hydrogens (tertiary/aromatic N) is 7. The molecule has 0 spiro atoms. The predicted molar refractivity (Wildman–Crippen MR) is 246 cm³/mol. The smallest absolute Gasteiger partial charge is 0.270 e. The van der Waals surface area contributed by atoms with Gasteiger partial charge < -0.3 is 33.6 Å². The molecule has 3 unspecified atom stereocenters. The summed E-state index contributed by atoms with van der Waals surface area (Å²) in [6.45, 7) is 22.4. The molecule has 18 nitrogen and oxygen atoms in total. The van der Waals surface area contributed by atoms with Crippen molar-refractivity contribution in [2.45, 2.75) is 111 Å². The highest BCUT2D eigenvalue weighted by Gasteiger charge is 2.44. The van der Waals surface area contributed by atoms with Crippen LogP contribution in [0.15, 0.2) is 70.4 Å². The van der Waals surface area contributed by atoms with Gasteiger partial charge in [0, 0.05) is 74.4 Å². The molecule has 65 heavy (non-hydrogen) atoms. The summed E-state index contributed by atoms with van der Waals surface area (Å²) in [5, 5.41) is 34.6. The molecule has 3 amide bonds. The maximum absolute atomic E-state index is 13.1. The number of fused-ring (bicyclic) bond motifs is 1. The van der Waals surface area contributed by atoms with Crippen LogP contribution in [-0.2, 0) is 28.2 Å². The Bertz CT molecular complexity index is 2350. The van der Waals surface area contributed by atoms with Gasteiger partial charge in [-0.15, -0.1) is 10.2 Å². The van der Waals surface area contributed by atoms with E-state index < -0.39 is 55.0 Å². The Labute approximate surface area is 383 Å². The fraction of sp³-hybridized carbons (Fsp3) is 0.500. The van der Waals surface area contributed by atoms with Crippen molar-refractivity contribution in [1.82, 2.24) is 15.3 Å². The molecule has 3 aliphatic rings. The number of non-ortho nitro benzene ring substituents is 1. The fourth-order valence-electron chi connectivity index (χ4n) is 8.03. The van der Waals surface area contributed by atoms with Gasteiger partial charge in [0.15, 0.2) is 0 Å². The second kappa shape index (κ2) is 22.3. The van der Waals surface area contributed by atoms with Crippen LogP contribution in [-0.4, -0.2) is 96.6 Å². The SMILES string of the molecule is [2H]C[C@H]1O[C@@H](C2C=C(/C=C/CNC(=O)CCCN3c4cc(OC)c(N=Nc5ccc([N+](=O)[O-])cc5C#N)cc4C(C)=CC3(C)C)C(=O)NC2=O)CC1OP(OCC[N+]#[C-])N(C(C)C)C(C)C. The number of allylic oxidation sites excluding steroid dienone is 1. The molecule has 346 valence electrons. The highest BCUT2D eigenvalue weighted by atomic mass is 31.2. The van der Waals surface area contributed by atoms with Crippen molar-refractivity contribution in [2.75, 3.05) is 38.3 Å². The predicted octanol–water partition coefficient (Wildman–Crippen LogP) is 8.39. The molecule has 0 bridgehead atoms. The zero-order valence-corrected chi connectivity index (χ0v) is 39.0. The minimum absolute atomic E-state index is 0.0112. The first kappa shape index (κ1) is 48.6. The van der Waals surface area contributed by atoms with Crippen LogP contribution >= 0.6 is 8.53 Å². The van der Waals surface area contributed by atoms with Crippen LogP contribution in [0.1, 0.15) is 87.1 Å². The third-order valence-electron chi connectivity index (χ3n) is 11.0. The van der Waals surface area contributed by atoms with Crippen LogP contribution in [0.5, 0.6) is 5.75 Å². The molecule has 19 heteroatoms. The number of anilines is 1. The van der Waals surface area contributed by atoms with Crippen molar-refractivity contribution >= 4 is 54.6 Å². The van der Waals surface area contributed by atoms with Crippen molar-refractivity contribution in [3.8, 4) is 11.8 Å².